The van der Waals surface area contributed by atoms with Crippen molar-refractivity contribution in [2.75, 3.05) is 13.7 Å². The fourth-order valence-electron chi connectivity index (χ4n) is 4.12. The number of methoxy groups -OCH3 is 1. The van der Waals surface area contributed by atoms with Crippen LogP contribution in [0.15, 0.2) is 47.1 Å². The van der Waals surface area contributed by atoms with Gasteiger partial charge in [0.2, 0.25) is 6.29 Å². The maximum atomic E-state index is 13.2. The Morgan fingerprint density at radius 1 is 1.11 bits per heavy atom. The number of phenolic OH excluding ortho intramolecular Hbond substituents is 1. The lowest BCUT2D eigenvalue weighted by Gasteiger charge is -2.36. The highest BCUT2D eigenvalue weighted by molar-refractivity contribution is 6.01. The SMILES string of the molecule is COC(=O)OCC1OC(Oc2cc(C)cc(O)c2C(=O)CCc2ccc3occc3c2)C(O)CC1O. The van der Waals surface area contributed by atoms with Crippen LogP contribution in [-0.4, -0.2) is 65.6 Å². The van der Waals surface area contributed by atoms with Crippen LogP contribution in [0, 0.1) is 6.92 Å². The fourth-order valence-corrected chi connectivity index (χ4v) is 4.12. The Hall–Kier alpha value is -3.60. The number of fused-ring (bicyclic) bond motifs is 1. The van der Waals surface area contributed by atoms with E-state index in [1.165, 1.54) is 6.07 Å². The summed E-state index contributed by atoms with van der Waals surface area (Å²) < 4.78 is 26.1. The molecule has 1 saturated heterocycles. The second-order valence-electron chi connectivity index (χ2n) is 8.67. The third-order valence-corrected chi connectivity index (χ3v) is 5.97. The smallest absolute Gasteiger partial charge is 0.507 e. The zero-order valence-electron chi connectivity index (χ0n) is 19.9. The molecule has 0 spiro atoms. The molecule has 1 fully saturated rings. The van der Waals surface area contributed by atoms with Crippen molar-refractivity contribution in [3.63, 3.8) is 0 Å². The molecule has 10 nitrogen and oxygen atoms in total. The maximum Gasteiger partial charge on any atom is 0.508 e. The first-order valence-corrected chi connectivity index (χ1v) is 11.5. The van der Waals surface area contributed by atoms with Crippen LogP contribution in [0.3, 0.4) is 0 Å². The number of ketones is 1. The van der Waals surface area contributed by atoms with Gasteiger partial charge in [-0.2, -0.15) is 0 Å². The Kier molecular flexibility index (Phi) is 7.78. The van der Waals surface area contributed by atoms with Gasteiger partial charge in [-0.25, -0.2) is 4.79 Å². The van der Waals surface area contributed by atoms with E-state index < -0.39 is 30.8 Å². The molecule has 1 aliphatic heterocycles. The van der Waals surface area contributed by atoms with E-state index in [9.17, 15) is 24.9 Å². The lowest BCUT2D eigenvalue weighted by molar-refractivity contribution is -0.241. The topological polar surface area (TPSA) is 145 Å². The van der Waals surface area contributed by atoms with Gasteiger partial charge < -0.3 is 38.7 Å². The quantitative estimate of drug-likeness (QED) is 0.311. The molecule has 36 heavy (non-hydrogen) atoms. The van der Waals surface area contributed by atoms with Crippen molar-refractivity contribution in [2.24, 2.45) is 0 Å². The van der Waals surface area contributed by atoms with Crippen molar-refractivity contribution in [1.82, 2.24) is 0 Å². The number of phenols is 1. The summed E-state index contributed by atoms with van der Waals surface area (Å²) in [4.78, 5) is 24.4. The predicted octanol–water partition coefficient (Wildman–Crippen LogP) is 3.26. The Morgan fingerprint density at radius 3 is 2.69 bits per heavy atom. The van der Waals surface area contributed by atoms with Gasteiger partial charge in [-0.3, -0.25) is 4.79 Å². The standard InChI is InChI=1S/C26H28O10/c1-14-9-19(29)24(17(27)5-3-15-4-6-21-16(11-15)7-8-33-21)22(10-14)35-25-20(30)12-18(28)23(36-25)13-34-26(31)32-2/h4,6-11,18,20,23,25,28-30H,3,5,12-13H2,1-2H3. The minimum atomic E-state index is -1.28. The van der Waals surface area contributed by atoms with Crippen molar-refractivity contribution in [3.05, 3.63) is 59.4 Å². The summed E-state index contributed by atoms with van der Waals surface area (Å²) in [7, 11) is 1.15. The van der Waals surface area contributed by atoms with Gasteiger partial charge in [-0.1, -0.05) is 6.07 Å². The van der Waals surface area contributed by atoms with Crippen molar-refractivity contribution in [2.45, 2.75) is 50.8 Å². The minimum Gasteiger partial charge on any atom is -0.507 e. The Labute approximate surface area is 206 Å². The molecule has 3 N–H and O–H groups in total. The lowest BCUT2D eigenvalue weighted by atomic mass is 9.99. The van der Waals surface area contributed by atoms with Crippen LogP contribution in [0.25, 0.3) is 11.0 Å². The number of aliphatic hydroxyl groups excluding tert-OH is 2. The number of carbonyl (C=O) groups is 2. The Bertz CT molecular complexity index is 1230. The fraction of sp³-hybridized carbons (Fsp3) is 0.385. The summed E-state index contributed by atoms with van der Waals surface area (Å²) in [6, 6.07) is 10.5. The number of Topliss-reactive ketones (excluding diaryl/α,β-unsaturated/α-hetero) is 1. The number of aryl methyl sites for hydroxylation is 2. The van der Waals surface area contributed by atoms with Crippen LogP contribution in [-0.2, 0) is 20.6 Å². The first kappa shape index (κ1) is 25.5. The zero-order chi connectivity index (χ0) is 25.8. The highest BCUT2D eigenvalue weighted by Gasteiger charge is 2.39. The lowest BCUT2D eigenvalue weighted by Crippen LogP contribution is -2.51. The molecule has 0 radical (unpaired) electrons. The summed E-state index contributed by atoms with van der Waals surface area (Å²) >= 11 is 0. The normalized spacial score (nSPS) is 21.8. The molecule has 3 aromatic rings. The molecule has 0 amide bonds. The summed E-state index contributed by atoms with van der Waals surface area (Å²) in [5.74, 6) is -0.572. The highest BCUT2D eigenvalue weighted by atomic mass is 16.7. The van der Waals surface area contributed by atoms with Crippen molar-refractivity contribution >= 4 is 22.9 Å². The first-order chi connectivity index (χ1) is 17.2. The van der Waals surface area contributed by atoms with E-state index in [4.69, 9.17) is 18.6 Å². The molecule has 4 atom stereocenters. The second kappa shape index (κ2) is 11.0. The molecular formula is C26H28O10. The number of aromatic hydroxyl groups is 1. The van der Waals surface area contributed by atoms with E-state index in [0.29, 0.717) is 12.0 Å². The van der Waals surface area contributed by atoms with Crippen LogP contribution in [0.2, 0.25) is 0 Å². The van der Waals surface area contributed by atoms with E-state index in [2.05, 4.69) is 4.74 Å². The number of furan rings is 1. The molecule has 0 bridgehead atoms. The van der Waals surface area contributed by atoms with E-state index in [0.717, 1.165) is 23.6 Å². The summed E-state index contributed by atoms with van der Waals surface area (Å²) in [6.07, 6.45) is -3.57. The number of rotatable bonds is 8. The van der Waals surface area contributed by atoms with E-state index >= 15 is 0 Å². The average Bonchev–Trinajstić information content (AvgIpc) is 3.31. The summed E-state index contributed by atoms with van der Waals surface area (Å²) in [6.45, 7) is 1.39. The third-order valence-electron chi connectivity index (χ3n) is 5.97. The van der Waals surface area contributed by atoms with Gasteiger partial charge in [0.15, 0.2) is 5.78 Å². The summed E-state index contributed by atoms with van der Waals surface area (Å²) in [5.41, 5.74) is 2.28. The molecular weight excluding hydrogens is 472 g/mol. The van der Waals surface area contributed by atoms with E-state index in [1.54, 1.807) is 19.3 Å². The molecule has 2 heterocycles. The number of hydrogen-bond donors (Lipinski definition) is 3. The molecule has 10 heteroatoms. The Morgan fingerprint density at radius 2 is 1.92 bits per heavy atom. The monoisotopic (exact) mass is 500 g/mol. The number of carbonyl (C=O) groups excluding carboxylic acids is 2. The van der Waals surface area contributed by atoms with Gasteiger partial charge in [0.05, 0.1) is 19.5 Å². The molecule has 192 valence electrons. The largest absolute Gasteiger partial charge is 0.508 e. The van der Waals surface area contributed by atoms with Gasteiger partial charge in [-0.05, 0) is 54.8 Å². The molecule has 2 aromatic carbocycles. The minimum absolute atomic E-state index is 0.0331. The van der Waals surface area contributed by atoms with E-state index in [1.807, 2.05) is 24.3 Å². The van der Waals surface area contributed by atoms with Crippen molar-refractivity contribution < 1.29 is 48.3 Å². The average molecular weight is 501 g/mol. The van der Waals surface area contributed by atoms with E-state index in [-0.39, 0.29) is 42.3 Å². The highest BCUT2D eigenvalue weighted by Crippen LogP contribution is 2.34. The van der Waals surface area contributed by atoms with Crippen LogP contribution in [0.1, 0.15) is 34.3 Å². The molecule has 1 aromatic heterocycles. The molecule has 0 aliphatic carbocycles. The number of benzene rings is 2. The third kappa shape index (κ3) is 5.78. The van der Waals surface area contributed by atoms with Gasteiger partial charge in [0, 0.05) is 18.2 Å². The van der Waals surface area contributed by atoms with Crippen molar-refractivity contribution in [3.8, 4) is 11.5 Å². The van der Waals surface area contributed by atoms with Crippen LogP contribution >= 0.6 is 0 Å². The predicted molar refractivity (Wildman–Crippen MR) is 126 cm³/mol. The number of ether oxygens (including phenoxy) is 4. The Balaban J connectivity index is 1.49. The van der Waals surface area contributed by atoms with Crippen LogP contribution in [0.5, 0.6) is 11.5 Å². The van der Waals surface area contributed by atoms with Gasteiger partial charge >= 0.3 is 6.16 Å². The molecule has 4 rings (SSSR count). The van der Waals surface area contributed by atoms with Gasteiger partial charge in [0.25, 0.3) is 0 Å². The zero-order valence-corrected chi connectivity index (χ0v) is 19.9. The molecule has 4 unspecified atom stereocenters. The summed E-state index contributed by atoms with van der Waals surface area (Å²) in [5, 5.41) is 32.1. The second-order valence-corrected chi connectivity index (χ2v) is 8.67. The first-order valence-electron chi connectivity index (χ1n) is 11.5. The number of aliphatic hydroxyl groups is 2. The van der Waals surface area contributed by atoms with Gasteiger partial charge in [0.1, 0.15) is 41.5 Å². The molecule has 1 aliphatic rings. The van der Waals surface area contributed by atoms with Crippen LogP contribution < -0.4 is 4.74 Å². The van der Waals surface area contributed by atoms with Crippen LogP contribution in [0.4, 0.5) is 4.79 Å². The molecule has 0 saturated carbocycles. The van der Waals surface area contributed by atoms with Gasteiger partial charge in [-0.15, -0.1) is 0 Å². The maximum absolute atomic E-state index is 13.2. The number of hydrogen-bond acceptors (Lipinski definition) is 10. The van der Waals surface area contributed by atoms with Crippen molar-refractivity contribution in [1.29, 1.82) is 0 Å².